The van der Waals surface area contributed by atoms with Crippen molar-refractivity contribution in [1.29, 1.82) is 0 Å². The van der Waals surface area contributed by atoms with E-state index in [0.29, 0.717) is 12.6 Å². The molecule has 1 fully saturated rings. The number of nitrogens with one attached hydrogen (secondary N) is 1. The van der Waals surface area contributed by atoms with Crippen molar-refractivity contribution in [2.24, 2.45) is 0 Å². The lowest BCUT2D eigenvalue weighted by atomic mass is 9.86. The Labute approximate surface area is 143 Å². The molecular weight excluding hydrogens is 300 g/mol. The van der Waals surface area contributed by atoms with Crippen LogP contribution in [-0.4, -0.2) is 30.3 Å². The lowest BCUT2D eigenvalue weighted by Crippen LogP contribution is -2.45. The molecule has 0 radical (unpaired) electrons. The fourth-order valence-corrected chi connectivity index (χ4v) is 3.74. The summed E-state index contributed by atoms with van der Waals surface area (Å²) in [7, 11) is 0. The first-order chi connectivity index (χ1) is 11.7. The smallest absolute Gasteiger partial charge is 0.136 e. The van der Waals surface area contributed by atoms with Crippen molar-refractivity contribution < 1.29 is 9.47 Å². The van der Waals surface area contributed by atoms with Gasteiger partial charge in [0.1, 0.15) is 11.4 Å². The van der Waals surface area contributed by atoms with E-state index in [2.05, 4.69) is 40.6 Å². The largest absolute Gasteiger partial charge is 0.484 e. The molecular formula is C20H24N2O2. The van der Waals surface area contributed by atoms with Crippen molar-refractivity contribution in [2.75, 3.05) is 19.8 Å². The van der Waals surface area contributed by atoms with E-state index in [1.165, 1.54) is 5.56 Å². The summed E-state index contributed by atoms with van der Waals surface area (Å²) in [6.45, 7) is 4.43. The summed E-state index contributed by atoms with van der Waals surface area (Å²) in [5.41, 5.74) is 3.31. The standard InChI is InChI=1S/C20H24N2O2/c1-15-5-4-6-16(22-15)9-11-21-18-13-20(10-12-23-14-20)24-19-8-3-2-7-17(18)19/h2-8,18,21H,9-14H2,1H3. The van der Waals surface area contributed by atoms with Gasteiger partial charge in [0.05, 0.1) is 13.2 Å². The van der Waals surface area contributed by atoms with Crippen LogP contribution in [-0.2, 0) is 11.2 Å². The second kappa shape index (κ2) is 6.54. The van der Waals surface area contributed by atoms with E-state index in [1.807, 2.05) is 19.1 Å². The summed E-state index contributed by atoms with van der Waals surface area (Å²) in [6, 6.07) is 14.9. The number of aromatic nitrogens is 1. The van der Waals surface area contributed by atoms with Crippen LogP contribution in [0.3, 0.4) is 0 Å². The maximum absolute atomic E-state index is 6.31. The highest BCUT2D eigenvalue weighted by molar-refractivity contribution is 5.39. The fourth-order valence-electron chi connectivity index (χ4n) is 3.74. The second-order valence-corrected chi connectivity index (χ2v) is 6.86. The Hall–Kier alpha value is -1.91. The van der Waals surface area contributed by atoms with Crippen molar-refractivity contribution in [1.82, 2.24) is 10.3 Å². The molecule has 2 aromatic rings. The average molecular weight is 324 g/mol. The minimum Gasteiger partial charge on any atom is -0.484 e. The van der Waals surface area contributed by atoms with Crippen LogP contribution in [0, 0.1) is 6.92 Å². The van der Waals surface area contributed by atoms with Crippen LogP contribution in [0.2, 0.25) is 0 Å². The number of hydrogen-bond acceptors (Lipinski definition) is 4. The molecule has 2 atom stereocenters. The molecule has 1 spiro atoms. The zero-order valence-electron chi connectivity index (χ0n) is 14.1. The molecule has 0 amide bonds. The predicted molar refractivity (Wildman–Crippen MR) is 93.3 cm³/mol. The van der Waals surface area contributed by atoms with Crippen LogP contribution in [0.25, 0.3) is 0 Å². The molecule has 0 bridgehead atoms. The van der Waals surface area contributed by atoms with Gasteiger partial charge in [-0.1, -0.05) is 24.3 Å². The quantitative estimate of drug-likeness (QED) is 0.938. The Morgan fingerprint density at radius 1 is 1.21 bits per heavy atom. The van der Waals surface area contributed by atoms with Crippen LogP contribution in [0.5, 0.6) is 5.75 Å². The Kier molecular flexibility index (Phi) is 4.25. The molecule has 2 unspecified atom stereocenters. The number of pyridine rings is 1. The monoisotopic (exact) mass is 324 g/mol. The summed E-state index contributed by atoms with van der Waals surface area (Å²) in [5.74, 6) is 1.00. The van der Waals surface area contributed by atoms with Crippen molar-refractivity contribution in [2.45, 2.75) is 37.8 Å². The maximum Gasteiger partial charge on any atom is 0.136 e. The molecule has 2 aliphatic heterocycles. The summed E-state index contributed by atoms with van der Waals surface area (Å²) >= 11 is 0. The van der Waals surface area contributed by atoms with Crippen LogP contribution < -0.4 is 10.1 Å². The third kappa shape index (κ3) is 3.17. The molecule has 4 rings (SSSR count). The molecule has 126 valence electrons. The minimum absolute atomic E-state index is 0.159. The van der Waals surface area contributed by atoms with Crippen LogP contribution in [0.15, 0.2) is 42.5 Å². The van der Waals surface area contributed by atoms with Gasteiger partial charge in [-0.15, -0.1) is 0 Å². The fraction of sp³-hybridized carbons (Fsp3) is 0.450. The number of nitrogens with zero attached hydrogens (tertiary/aromatic N) is 1. The molecule has 3 heterocycles. The van der Waals surface area contributed by atoms with E-state index in [0.717, 1.165) is 49.6 Å². The zero-order chi connectivity index (χ0) is 16.4. The Morgan fingerprint density at radius 2 is 2.12 bits per heavy atom. The number of rotatable bonds is 4. The van der Waals surface area contributed by atoms with Gasteiger partial charge >= 0.3 is 0 Å². The molecule has 4 heteroatoms. The van der Waals surface area contributed by atoms with Gasteiger partial charge in [-0.3, -0.25) is 4.98 Å². The van der Waals surface area contributed by atoms with E-state index in [4.69, 9.17) is 9.47 Å². The van der Waals surface area contributed by atoms with E-state index in [-0.39, 0.29) is 5.60 Å². The van der Waals surface area contributed by atoms with Gasteiger partial charge in [0, 0.05) is 48.8 Å². The molecule has 1 N–H and O–H groups in total. The van der Waals surface area contributed by atoms with Crippen LogP contribution in [0.4, 0.5) is 0 Å². The summed E-state index contributed by atoms with van der Waals surface area (Å²) in [5, 5.41) is 3.72. The SMILES string of the molecule is Cc1cccc(CCNC2CC3(CCOC3)Oc3ccccc32)n1. The van der Waals surface area contributed by atoms with Gasteiger partial charge in [0.15, 0.2) is 0 Å². The first-order valence-electron chi connectivity index (χ1n) is 8.76. The zero-order valence-corrected chi connectivity index (χ0v) is 14.1. The number of fused-ring (bicyclic) bond motifs is 1. The highest BCUT2D eigenvalue weighted by Gasteiger charge is 2.43. The third-order valence-electron chi connectivity index (χ3n) is 4.98. The first kappa shape index (κ1) is 15.6. The molecule has 1 saturated heterocycles. The maximum atomic E-state index is 6.31. The number of para-hydroxylation sites is 1. The van der Waals surface area contributed by atoms with E-state index in [1.54, 1.807) is 0 Å². The second-order valence-electron chi connectivity index (χ2n) is 6.86. The van der Waals surface area contributed by atoms with Crippen LogP contribution in [0.1, 0.15) is 35.8 Å². The highest BCUT2D eigenvalue weighted by Crippen LogP contribution is 2.42. The molecule has 0 saturated carbocycles. The normalized spacial score (nSPS) is 25.5. The lowest BCUT2D eigenvalue weighted by Gasteiger charge is -2.39. The third-order valence-corrected chi connectivity index (χ3v) is 4.98. The molecule has 1 aromatic heterocycles. The molecule has 0 aliphatic carbocycles. The van der Waals surface area contributed by atoms with Gasteiger partial charge < -0.3 is 14.8 Å². The van der Waals surface area contributed by atoms with Crippen molar-refractivity contribution >= 4 is 0 Å². The lowest BCUT2D eigenvalue weighted by molar-refractivity contribution is 0.0189. The Bertz CT molecular complexity index is 710. The summed E-state index contributed by atoms with van der Waals surface area (Å²) < 4.78 is 11.9. The van der Waals surface area contributed by atoms with Gasteiger partial charge in [-0.05, 0) is 25.1 Å². The van der Waals surface area contributed by atoms with Crippen molar-refractivity contribution in [3.05, 3.63) is 59.4 Å². The number of benzene rings is 1. The Morgan fingerprint density at radius 3 is 2.96 bits per heavy atom. The summed E-state index contributed by atoms with van der Waals surface area (Å²) in [4.78, 5) is 4.59. The number of ether oxygens (including phenoxy) is 2. The predicted octanol–water partition coefficient (Wildman–Crippen LogP) is 3.21. The number of aryl methyl sites for hydroxylation is 1. The van der Waals surface area contributed by atoms with Crippen LogP contribution >= 0.6 is 0 Å². The van der Waals surface area contributed by atoms with Gasteiger partial charge in [-0.2, -0.15) is 0 Å². The van der Waals surface area contributed by atoms with Gasteiger partial charge in [0.25, 0.3) is 0 Å². The minimum atomic E-state index is -0.159. The summed E-state index contributed by atoms with van der Waals surface area (Å²) in [6.07, 6.45) is 2.87. The van der Waals surface area contributed by atoms with Gasteiger partial charge in [0.2, 0.25) is 0 Å². The number of hydrogen-bond donors (Lipinski definition) is 1. The van der Waals surface area contributed by atoms with Gasteiger partial charge in [-0.25, -0.2) is 0 Å². The van der Waals surface area contributed by atoms with E-state index in [9.17, 15) is 0 Å². The highest BCUT2D eigenvalue weighted by atomic mass is 16.6. The van der Waals surface area contributed by atoms with E-state index < -0.39 is 0 Å². The van der Waals surface area contributed by atoms with Crippen molar-refractivity contribution in [3.8, 4) is 5.75 Å². The molecule has 2 aliphatic rings. The average Bonchev–Trinajstić information content (AvgIpc) is 3.02. The first-order valence-corrected chi connectivity index (χ1v) is 8.76. The molecule has 24 heavy (non-hydrogen) atoms. The van der Waals surface area contributed by atoms with E-state index >= 15 is 0 Å². The molecule has 1 aromatic carbocycles. The Balaban J connectivity index is 1.47. The topological polar surface area (TPSA) is 43.4 Å². The van der Waals surface area contributed by atoms with Crippen molar-refractivity contribution in [3.63, 3.8) is 0 Å². The molecule has 4 nitrogen and oxygen atoms in total.